The average Bonchev–Trinajstić information content (AvgIpc) is 3.23. The number of alkyl halides is 2. The summed E-state index contributed by atoms with van der Waals surface area (Å²) in [5.74, 6) is 1.67. The van der Waals surface area contributed by atoms with Gasteiger partial charge in [0, 0.05) is 35.5 Å². The summed E-state index contributed by atoms with van der Waals surface area (Å²) < 4.78 is 73.3. The van der Waals surface area contributed by atoms with Gasteiger partial charge in [-0.05, 0) is 72.4 Å². The van der Waals surface area contributed by atoms with Crippen LogP contribution in [0.2, 0.25) is 5.02 Å². The molecule has 0 radical (unpaired) electrons. The SMILES string of the molecule is CC(C)(c1ccc(OCCCCl)cc1)c1ccc(OCC(=O)CNS(C)(=O)=O)cc1C#[N+]CC(C)(c1ccc(OCCCCl)nc1)c1ccc(OCC(=O)CNS(C)(=O)=O)c(Cl)c1. The monoisotopic (exact) mass is 965 g/mol. The van der Waals surface area contributed by atoms with Crippen molar-refractivity contribution in [2.24, 2.45) is 0 Å². The van der Waals surface area contributed by atoms with Crippen molar-refractivity contribution in [2.75, 3.05) is 70.3 Å². The number of aromatic nitrogens is 1. The Bertz CT molecular complexity index is 2480. The van der Waals surface area contributed by atoms with E-state index in [2.05, 4.69) is 34.3 Å². The molecule has 0 spiro atoms. The van der Waals surface area contributed by atoms with Gasteiger partial charge >= 0.3 is 6.07 Å². The summed E-state index contributed by atoms with van der Waals surface area (Å²) in [4.78, 5) is 34.2. The van der Waals surface area contributed by atoms with Gasteiger partial charge in [-0.15, -0.1) is 23.2 Å². The van der Waals surface area contributed by atoms with Gasteiger partial charge in [-0.1, -0.05) is 60.6 Å². The molecule has 3 aromatic carbocycles. The molecule has 1 aromatic heterocycles. The zero-order valence-corrected chi connectivity index (χ0v) is 39.6. The largest absolute Gasteiger partial charge is 0.494 e. The normalized spacial score (nSPS) is 12.7. The summed E-state index contributed by atoms with van der Waals surface area (Å²) in [6.07, 6.45) is 4.98. The van der Waals surface area contributed by atoms with Crippen LogP contribution in [0.4, 0.5) is 0 Å². The van der Waals surface area contributed by atoms with E-state index in [1.807, 2.05) is 43.3 Å². The van der Waals surface area contributed by atoms with E-state index in [4.69, 9.17) is 58.6 Å². The van der Waals surface area contributed by atoms with Crippen LogP contribution < -0.4 is 28.4 Å². The van der Waals surface area contributed by atoms with Gasteiger partial charge < -0.3 is 18.9 Å². The van der Waals surface area contributed by atoms with Gasteiger partial charge in [0.05, 0.1) is 49.3 Å². The predicted molar refractivity (Wildman–Crippen MR) is 247 cm³/mol. The highest BCUT2D eigenvalue weighted by Gasteiger charge is 2.36. The van der Waals surface area contributed by atoms with E-state index in [0.29, 0.717) is 54.3 Å². The smallest absolute Gasteiger partial charge is 0.311 e. The van der Waals surface area contributed by atoms with Crippen LogP contribution in [0.3, 0.4) is 0 Å². The molecule has 340 valence electrons. The fourth-order valence-electron chi connectivity index (χ4n) is 6.08. The standard InChI is InChI=1S/C44H52Cl3N4O10S2/c1-43(2,32-8-12-37(13-9-32)58-20-6-18-45)39-15-14-38(60-28-35(52)26-50-62(4,54)55)22-31(39)24-48-30-44(3,34-11-17-42(49-25-34)59-21-7-19-46)33-10-16-41(40(47)23-33)61-29-36(53)27-51-63(5,56)57/h8-17,22-23,25,50-51H,6-7,18-21,26-30H2,1-5H3/q+1. The highest BCUT2D eigenvalue weighted by molar-refractivity contribution is 7.89. The van der Waals surface area contributed by atoms with Crippen LogP contribution in [0.25, 0.3) is 4.85 Å². The molecule has 0 aliphatic rings. The summed E-state index contributed by atoms with van der Waals surface area (Å²) >= 11 is 18.4. The third kappa shape index (κ3) is 16.2. The zero-order chi connectivity index (χ0) is 46.3. The molecule has 0 aliphatic heterocycles. The van der Waals surface area contributed by atoms with Crippen molar-refractivity contribution in [3.8, 4) is 29.2 Å². The minimum absolute atomic E-state index is 0.127. The lowest BCUT2D eigenvalue weighted by Crippen LogP contribution is -2.31. The second-order valence-corrected chi connectivity index (χ2v) is 20.1. The van der Waals surface area contributed by atoms with E-state index < -0.39 is 62.1 Å². The van der Waals surface area contributed by atoms with Crippen LogP contribution in [0.1, 0.15) is 61.4 Å². The number of sulfonamides is 2. The van der Waals surface area contributed by atoms with Crippen LogP contribution >= 0.6 is 34.8 Å². The van der Waals surface area contributed by atoms with Gasteiger partial charge in [-0.25, -0.2) is 31.3 Å². The minimum atomic E-state index is -3.57. The van der Waals surface area contributed by atoms with Crippen LogP contribution in [0, 0.1) is 6.07 Å². The molecular weight excluding hydrogens is 915 g/mol. The number of carbonyl (C=O) groups is 2. The van der Waals surface area contributed by atoms with E-state index in [0.717, 1.165) is 41.2 Å². The third-order valence-corrected chi connectivity index (χ3v) is 11.9. The fourth-order valence-corrected chi connectivity index (χ4v) is 7.38. The first-order valence-electron chi connectivity index (χ1n) is 19.7. The second kappa shape index (κ2) is 23.5. The fraction of sp³-hybridized carbons (Fsp3) is 0.409. The van der Waals surface area contributed by atoms with Crippen molar-refractivity contribution in [1.29, 1.82) is 0 Å². The maximum Gasteiger partial charge on any atom is 0.311 e. The van der Waals surface area contributed by atoms with Crippen molar-refractivity contribution < 1.29 is 45.4 Å². The summed E-state index contributed by atoms with van der Waals surface area (Å²) in [5.41, 5.74) is 2.39. The molecule has 1 unspecified atom stereocenters. The maximum absolute atomic E-state index is 12.5. The topological polar surface area (TPSA) is 181 Å². The summed E-state index contributed by atoms with van der Waals surface area (Å²) in [6.45, 7) is 5.48. The molecule has 0 saturated heterocycles. The Morgan fingerprint density at radius 2 is 1.29 bits per heavy atom. The average molecular weight is 967 g/mol. The third-order valence-electron chi connectivity index (χ3n) is 9.70. The zero-order valence-electron chi connectivity index (χ0n) is 35.7. The van der Waals surface area contributed by atoms with Gasteiger partial charge in [0.1, 0.15) is 36.0 Å². The number of hydrogen-bond acceptors (Lipinski definition) is 11. The molecule has 0 fully saturated rings. The lowest BCUT2D eigenvalue weighted by molar-refractivity contribution is -0.120. The van der Waals surface area contributed by atoms with E-state index in [1.165, 1.54) is 0 Å². The van der Waals surface area contributed by atoms with Crippen molar-refractivity contribution in [2.45, 2.75) is 44.4 Å². The quantitative estimate of drug-likeness (QED) is 0.0530. The summed E-state index contributed by atoms with van der Waals surface area (Å²) in [7, 11) is -7.14. The Balaban J connectivity index is 1.73. The minimum Gasteiger partial charge on any atom is -0.494 e. The summed E-state index contributed by atoms with van der Waals surface area (Å²) in [6, 6.07) is 25.1. The van der Waals surface area contributed by atoms with Crippen molar-refractivity contribution in [3.63, 3.8) is 0 Å². The lowest BCUT2D eigenvalue weighted by atomic mass is 9.76. The molecule has 0 saturated carbocycles. The molecule has 4 aromatic rings. The van der Waals surface area contributed by atoms with Gasteiger partial charge in [0.15, 0.2) is 11.6 Å². The molecule has 0 bridgehead atoms. The Labute approximate surface area is 384 Å². The number of rotatable bonds is 25. The van der Waals surface area contributed by atoms with Crippen LogP contribution in [0.5, 0.6) is 23.1 Å². The molecule has 63 heavy (non-hydrogen) atoms. The number of nitrogens with zero attached hydrogens (tertiary/aromatic N) is 2. The number of nitrogens with one attached hydrogen (secondary N) is 2. The van der Waals surface area contributed by atoms with Gasteiger partial charge in [0.25, 0.3) is 6.54 Å². The number of ether oxygens (including phenoxy) is 4. The molecule has 1 heterocycles. The number of benzene rings is 3. The molecular formula is C44H52Cl3N4O10S2+. The number of ketones is 2. The predicted octanol–water partition coefficient (Wildman–Crippen LogP) is 6.76. The van der Waals surface area contributed by atoms with Crippen LogP contribution in [-0.2, 0) is 40.5 Å². The van der Waals surface area contributed by atoms with E-state index in [1.54, 1.807) is 42.6 Å². The number of Topliss-reactive ketones (excluding diaryl/α,β-unsaturated/α-hetero) is 2. The van der Waals surface area contributed by atoms with Gasteiger partial charge in [0.2, 0.25) is 25.9 Å². The molecule has 2 N–H and O–H groups in total. The second-order valence-electron chi connectivity index (χ2n) is 15.3. The Kier molecular flexibility index (Phi) is 19.1. The van der Waals surface area contributed by atoms with E-state index in [-0.39, 0.29) is 23.9 Å². The Hall–Kier alpha value is -4.47. The number of pyridine rings is 1. The Morgan fingerprint density at radius 1 is 0.714 bits per heavy atom. The van der Waals surface area contributed by atoms with E-state index in [9.17, 15) is 26.4 Å². The van der Waals surface area contributed by atoms with Crippen molar-refractivity contribution in [1.82, 2.24) is 14.4 Å². The number of hydrogen-bond donors (Lipinski definition) is 2. The highest BCUT2D eigenvalue weighted by atomic mass is 35.5. The molecule has 0 amide bonds. The first kappa shape index (κ1) is 51.2. The number of halogens is 3. The van der Waals surface area contributed by atoms with Crippen molar-refractivity contribution >= 4 is 66.4 Å². The first-order valence-corrected chi connectivity index (χ1v) is 25.0. The van der Waals surface area contributed by atoms with Crippen LogP contribution in [0.15, 0.2) is 79.0 Å². The van der Waals surface area contributed by atoms with Crippen LogP contribution in [-0.4, -0.2) is 104 Å². The van der Waals surface area contributed by atoms with Gasteiger partial charge in [-0.3, -0.25) is 9.59 Å². The summed E-state index contributed by atoms with van der Waals surface area (Å²) in [5, 5.41) is 0.204. The maximum atomic E-state index is 12.5. The molecule has 1 atom stereocenters. The molecule has 14 nitrogen and oxygen atoms in total. The van der Waals surface area contributed by atoms with E-state index >= 15 is 0 Å². The molecule has 19 heteroatoms. The Morgan fingerprint density at radius 3 is 1.86 bits per heavy atom. The number of carbonyl (C=O) groups excluding carboxylic acids is 2. The lowest BCUT2D eigenvalue weighted by Gasteiger charge is -2.27. The highest BCUT2D eigenvalue weighted by Crippen LogP contribution is 2.39. The van der Waals surface area contributed by atoms with Crippen molar-refractivity contribution in [3.05, 3.63) is 117 Å². The molecule has 4 rings (SSSR count). The van der Waals surface area contributed by atoms with Gasteiger partial charge in [-0.2, -0.15) is 0 Å². The molecule has 0 aliphatic carbocycles. The first-order chi connectivity index (χ1) is 29.7.